The van der Waals surface area contributed by atoms with E-state index < -0.39 is 0 Å². The summed E-state index contributed by atoms with van der Waals surface area (Å²) in [4.78, 5) is 10.8. The molecule has 0 aromatic heterocycles. The van der Waals surface area contributed by atoms with E-state index in [-0.39, 0.29) is 19.0 Å². The van der Waals surface area contributed by atoms with E-state index in [2.05, 4.69) is 4.74 Å². The number of hydrogen-bond donors (Lipinski definition) is 1. The Bertz CT molecular complexity index is 490. The number of benzene rings is 1. The molecular formula is C18H28O7. The maximum atomic E-state index is 10.8. The first-order valence-corrected chi connectivity index (χ1v) is 8.30. The van der Waals surface area contributed by atoms with Gasteiger partial charge < -0.3 is 28.8 Å². The number of carbonyl (C=O) groups excluding carboxylic acids is 1. The van der Waals surface area contributed by atoms with Crippen LogP contribution in [0.1, 0.15) is 17.5 Å². The van der Waals surface area contributed by atoms with Crippen LogP contribution in [0.5, 0.6) is 5.75 Å². The lowest BCUT2D eigenvalue weighted by molar-refractivity contribution is -0.141. The highest BCUT2D eigenvalue weighted by Crippen LogP contribution is 2.16. The van der Waals surface area contributed by atoms with Crippen molar-refractivity contribution in [3.63, 3.8) is 0 Å². The van der Waals surface area contributed by atoms with Crippen LogP contribution >= 0.6 is 0 Å². The van der Waals surface area contributed by atoms with Crippen LogP contribution in [0.4, 0.5) is 0 Å². The average Bonchev–Trinajstić information content (AvgIpc) is 2.61. The number of methoxy groups -OCH3 is 1. The highest BCUT2D eigenvalue weighted by Gasteiger charge is 2.00. The van der Waals surface area contributed by atoms with Crippen LogP contribution in [0.25, 0.3) is 0 Å². The molecule has 1 aromatic carbocycles. The lowest BCUT2D eigenvalue weighted by Gasteiger charge is -2.10. The van der Waals surface area contributed by atoms with E-state index in [4.69, 9.17) is 24.1 Å². The van der Waals surface area contributed by atoms with Gasteiger partial charge in [-0.1, -0.05) is 6.07 Å². The monoisotopic (exact) mass is 356 g/mol. The highest BCUT2D eigenvalue weighted by molar-refractivity contribution is 5.69. The fraction of sp³-hybridized carbons (Fsp3) is 0.611. The summed E-state index contributed by atoms with van der Waals surface area (Å²) in [5, 5.41) is 9.16. The lowest BCUT2D eigenvalue weighted by Crippen LogP contribution is -2.13. The van der Waals surface area contributed by atoms with E-state index in [1.165, 1.54) is 7.11 Å². The van der Waals surface area contributed by atoms with Crippen molar-refractivity contribution < 1.29 is 33.6 Å². The van der Waals surface area contributed by atoms with Crippen LogP contribution < -0.4 is 4.74 Å². The Labute approximate surface area is 148 Å². The minimum Gasteiger partial charge on any atom is -0.491 e. The molecular weight excluding hydrogens is 328 g/mol. The van der Waals surface area contributed by atoms with Gasteiger partial charge in [0.2, 0.25) is 0 Å². The first kappa shape index (κ1) is 21.4. The van der Waals surface area contributed by atoms with Crippen molar-refractivity contribution in [2.75, 3.05) is 53.4 Å². The normalized spacial score (nSPS) is 10.7. The minimum atomic E-state index is -0.283. The molecule has 0 amide bonds. The van der Waals surface area contributed by atoms with E-state index in [0.29, 0.717) is 46.2 Å². The van der Waals surface area contributed by atoms with Crippen molar-refractivity contribution in [2.45, 2.75) is 20.0 Å². The number of rotatable bonds is 14. The number of aliphatic hydroxyl groups excluding tert-OH is 1. The van der Waals surface area contributed by atoms with Gasteiger partial charge in [0.25, 0.3) is 0 Å². The summed E-state index contributed by atoms with van der Waals surface area (Å²) in [6.07, 6.45) is 0.250. The number of hydrogen-bond acceptors (Lipinski definition) is 7. The second kappa shape index (κ2) is 13.6. The third kappa shape index (κ3) is 10.7. The second-order valence-corrected chi connectivity index (χ2v) is 5.32. The van der Waals surface area contributed by atoms with E-state index in [1.54, 1.807) is 0 Å². The maximum absolute atomic E-state index is 10.8. The zero-order chi connectivity index (χ0) is 18.3. The molecule has 0 radical (unpaired) electrons. The summed E-state index contributed by atoms with van der Waals surface area (Å²) in [5.41, 5.74) is 1.88. The van der Waals surface area contributed by atoms with Crippen molar-refractivity contribution in [2.24, 2.45) is 0 Å². The number of aliphatic hydroxyl groups is 1. The predicted octanol–water partition coefficient (Wildman–Crippen LogP) is 1.48. The van der Waals surface area contributed by atoms with Gasteiger partial charge in [0.05, 0.1) is 59.8 Å². The molecule has 0 saturated heterocycles. The summed E-state index contributed by atoms with van der Waals surface area (Å²) in [7, 11) is 1.35. The maximum Gasteiger partial charge on any atom is 0.307 e. The van der Waals surface area contributed by atoms with Gasteiger partial charge in [0.15, 0.2) is 0 Å². The predicted molar refractivity (Wildman–Crippen MR) is 91.7 cm³/mol. The van der Waals surface area contributed by atoms with Gasteiger partial charge in [-0.3, -0.25) is 4.79 Å². The van der Waals surface area contributed by atoms with Crippen molar-refractivity contribution >= 4 is 5.97 Å². The SMILES string of the molecule is COC(=O)CCOCCOCCOCCOc1cc(C)cc(CO)c1. The molecule has 0 aliphatic rings. The summed E-state index contributed by atoms with van der Waals surface area (Å²) < 4.78 is 26.1. The van der Waals surface area contributed by atoms with Crippen molar-refractivity contribution in [3.8, 4) is 5.75 Å². The molecule has 7 nitrogen and oxygen atoms in total. The molecule has 0 heterocycles. The van der Waals surface area contributed by atoms with E-state index in [1.807, 2.05) is 25.1 Å². The smallest absolute Gasteiger partial charge is 0.307 e. The van der Waals surface area contributed by atoms with Crippen molar-refractivity contribution in [1.82, 2.24) is 0 Å². The summed E-state index contributed by atoms with van der Waals surface area (Å²) in [6.45, 7) is 5.01. The summed E-state index contributed by atoms with van der Waals surface area (Å²) in [6, 6.07) is 5.65. The topological polar surface area (TPSA) is 83.5 Å². The Morgan fingerprint density at radius 1 is 0.920 bits per heavy atom. The third-order valence-corrected chi connectivity index (χ3v) is 3.21. The molecule has 0 atom stereocenters. The van der Waals surface area contributed by atoms with Crippen LogP contribution in [-0.4, -0.2) is 64.4 Å². The zero-order valence-electron chi connectivity index (χ0n) is 15.0. The molecule has 0 bridgehead atoms. The molecule has 0 unspecified atom stereocenters. The van der Waals surface area contributed by atoms with Gasteiger partial charge in [-0.25, -0.2) is 0 Å². The van der Waals surface area contributed by atoms with Crippen LogP contribution in [0.3, 0.4) is 0 Å². The van der Waals surface area contributed by atoms with E-state index in [9.17, 15) is 4.79 Å². The zero-order valence-corrected chi connectivity index (χ0v) is 15.0. The molecule has 0 saturated carbocycles. The van der Waals surface area contributed by atoms with Crippen LogP contribution in [0.2, 0.25) is 0 Å². The van der Waals surface area contributed by atoms with E-state index >= 15 is 0 Å². The van der Waals surface area contributed by atoms with Crippen molar-refractivity contribution in [3.05, 3.63) is 29.3 Å². The lowest BCUT2D eigenvalue weighted by atomic mass is 10.1. The fourth-order valence-electron chi connectivity index (χ4n) is 2.02. The van der Waals surface area contributed by atoms with Gasteiger partial charge in [-0.2, -0.15) is 0 Å². The molecule has 0 aliphatic carbocycles. The molecule has 7 heteroatoms. The molecule has 25 heavy (non-hydrogen) atoms. The molecule has 0 fully saturated rings. The standard InChI is InChI=1S/C18H28O7/c1-15-11-16(14-19)13-17(12-15)25-10-9-24-8-7-23-6-5-22-4-3-18(20)21-2/h11-13,19H,3-10,14H2,1-2H3. The van der Waals surface area contributed by atoms with Gasteiger partial charge in [-0.15, -0.1) is 0 Å². The van der Waals surface area contributed by atoms with Crippen molar-refractivity contribution in [1.29, 1.82) is 0 Å². The number of aryl methyl sites for hydroxylation is 1. The largest absolute Gasteiger partial charge is 0.491 e. The molecule has 1 rings (SSSR count). The van der Waals surface area contributed by atoms with Crippen LogP contribution in [0, 0.1) is 6.92 Å². The minimum absolute atomic E-state index is 0.00170. The quantitative estimate of drug-likeness (QED) is 0.399. The second-order valence-electron chi connectivity index (χ2n) is 5.32. The molecule has 1 N–H and O–H groups in total. The first-order chi connectivity index (χ1) is 12.2. The number of ether oxygens (including phenoxy) is 5. The van der Waals surface area contributed by atoms with E-state index in [0.717, 1.165) is 16.9 Å². The Balaban J connectivity index is 1.92. The van der Waals surface area contributed by atoms with Gasteiger partial charge in [-0.05, 0) is 30.2 Å². The summed E-state index contributed by atoms with van der Waals surface area (Å²) >= 11 is 0. The molecule has 142 valence electrons. The number of carbonyl (C=O) groups is 1. The van der Waals surface area contributed by atoms with Gasteiger partial charge in [0.1, 0.15) is 12.4 Å². The van der Waals surface area contributed by atoms with Crippen LogP contribution in [-0.2, 0) is 30.3 Å². The molecule has 0 aliphatic heterocycles. The highest BCUT2D eigenvalue weighted by atomic mass is 16.6. The van der Waals surface area contributed by atoms with Crippen LogP contribution in [0.15, 0.2) is 18.2 Å². The first-order valence-electron chi connectivity index (χ1n) is 8.30. The Morgan fingerprint density at radius 2 is 1.52 bits per heavy atom. The average molecular weight is 356 g/mol. The number of esters is 1. The molecule has 0 spiro atoms. The third-order valence-electron chi connectivity index (χ3n) is 3.21. The Kier molecular flexibility index (Phi) is 11.6. The van der Waals surface area contributed by atoms with Gasteiger partial charge in [0, 0.05) is 0 Å². The Hall–Kier alpha value is -1.67. The summed E-state index contributed by atoms with van der Waals surface area (Å²) in [5.74, 6) is 0.447. The Morgan fingerprint density at radius 3 is 2.12 bits per heavy atom. The van der Waals surface area contributed by atoms with Gasteiger partial charge >= 0.3 is 5.97 Å². The fourth-order valence-corrected chi connectivity index (χ4v) is 2.02. The molecule has 1 aromatic rings.